The van der Waals surface area contributed by atoms with Gasteiger partial charge < -0.3 is 24.8 Å². The second kappa shape index (κ2) is 6.25. The summed E-state index contributed by atoms with van der Waals surface area (Å²) >= 11 is 6.08. The van der Waals surface area contributed by atoms with Crippen molar-refractivity contribution >= 4 is 22.6 Å². The number of hydrogen-bond donors (Lipinski definition) is 3. The van der Waals surface area contributed by atoms with E-state index < -0.39 is 24.5 Å². The first-order valence-corrected chi connectivity index (χ1v) is 9.24. The van der Waals surface area contributed by atoms with E-state index in [1.165, 1.54) is 6.33 Å². The molecule has 5 rings (SSSR count). The SMILES string of the molecule is Cc1ncnc2c1ccn2[C@@H]1O[C@H]([C@@H]2NCc3cc(Cl)ccc32)[C@@H](O)[C@H]1O. The number of rotatable bonds is 2. The fourth-order valence-electron chi connectivity index (χ4n) is 4.15. The lowest BCUT2D eigenvalue weighted by molar-refractivity contribution is -0.0454. The number of halogens is 1. The van der Waals surface area contributed by atoms with Gasteiger partial charge in [-0.3, -0.25) is 0 Å². The van der Waals surface area contributed by atoms with Crippen molar-refractivity contribution in [2.45, 2.75) is 44.1 Å². The molecule has 8 heteroatoms. The van der Waals surface area contributed by atoms with Crippen LogP contribution in [-0.4, -0.2) is 43.1 Å². The van der Waals surface area contributed by atoms with Crippen molar-refractivity contribution in [2.24, 2.45) is 0 Å². The average molecular weight is 387 g/mol. The summed E-state index contributed by atoms with van der Waals surface area (Å²) in [6, 6.07) is 7.36. The van der Waals surface area contributed by atoms with Crippen molar-refractivity contribution in [2.75, 3.05) is 0 Å². The quantitative estimate of drug-likeness (QED) is 0.622. The molecule has 0 amide bonds. The summed E-state index contributed by atoms with van der Waals surface area (Å²) in [6.07, 6.45) is -0.121. The van der Waals surface area contributed by atoms with Crippen LogP contribution in [0.15, 0.2) is 36.8 Å². The van der Waals surface area contributed by atoms with Gasteiger partial charge in [0.15, 0.2) is 6.23 Å². The Bertz CT molecular complexity index is 1020. The Kier molecular flexibility index (Phi) is 3.96. The first-order valence-electron chi connectivity index (χ1n) is 8.86. The molecule has 3 N–H and O–H groups in total. The number of aliphatic hydroxyl groups excluding tert-OH is 2. The molecular formula is C19H19ClN4O3. The number of aromatic nitrogens is 3. The summed E-state index contributed by atoms with van der Waals surface area (Å²) in [6.45, 7) is 2.55. The summed E-state index contributed by atoms with van der Waals surface area (Å²) < 4.78 is 7.92. The monoisotopic (exact) mass is 386 g/mol. The van der Waals surface area contributed by atoms with Crippen molar-refractivity contribution in [1.82, 2.24) is 19.9 Å². The molecule has 0 saturated carbocycles. The number of fused-ring (bicyclic) bond motifs is 2. The van der Waals surface area contributed by atoms with Gasteiger partial charge in [-0.1, -0.05) is 17.7 Å². The Morgan fingerprint density at radius 2 is 2.07 bits per heavy atom. The van der Waals surface area contributed by atoms with Gasteiger partial charge in [-0.05, 0) is 36.2 Å². The van der Waals surface area contributed by atoms with Crippen LogP contribution in [-0.2, 0) is 11.3 Å². The molecule has 0 unspecified atom stereocenters. The lowest BCUT2D eigenvalue weighted by atomic mass is 9.96. The maximum atomic E-state index is 10.7. The van der Waals surface area contributed by atoms with Crippen molar-refractivity contribution in [3.8, 4) is 0 Å². The molecule has 2 aliphatic heterocycles. The van der Waals surface area contributed by atoms with Gasteiger partial charge in [0.25, 0.3) is 0 Å². The van der Waals surface area contributed by atoms with E-state index in [0.717, 1.165) is 22.2 Å². The molecule has 0 spiro atoms. The van der Waals surface area contributed by atoms with Crippen molar-refractivity contribution in [3.63, 3.8) is 0 Å². The van der Waals surface area contributed by atoms with Gasteiger partial charge in [-0.15, -0.1) is 0 Å². The lowest BCUT2D eigenvalue weighted by Crippen LogP contribution is -2.38. The fourth-order valence-corrected chi connectivity index (χ4v) is 4.34. The number of aryl methyl sites for hydroxylation is 1. The van der Waals surface area contributed by atoms with Crippen molar-refractivity contribution < 1.29 is 14.9 Å². The molecule has 27 heavy (non-hydrogen) atoms. The van der Waals surface area contributed by atoms with Crippen LogP contribution in [0.25, 0.3) is 11.0 Å². The minimum absolute atomic E-state index is 0.217. The molecule has 5 atom stereocenters. The zero-order valence-corrected chi connectivity index (χ0v) is 15.3. The number of ether oxygens (including phenoxy) is 1. The first-order chi connectivity index (χ1) is 13.0. The zero-order chi connectivity index (χ0) is 18.7. The third-order valence-electron chi connectivity index (χ3n) is 5.54. The van der Waals surface area contributed by atoms with Gasteiger partial charge >= 0.3 is 0 Å². The van der Waals surface area contributed by atoms with E-state index >= 15 is 0 Å². The molecular weight excluding hydrogens is 368 g/mol. The third-order valence-corrected chi connectivity index (χ3v) is 5.77. The van der Waals surface area contributed by atoms with Gasteiger partial charge in [0.05, 0.1) is 11.7 Å². The summed E-state index contributed by atoms with van der Waals surface area (Å²) in [5, 5.41) is 26.3. The largest absolute Gasteiger partial charge is 0.387 e. The highest BCUT2D eigenvalue weighted by atomic mass is 35.5. The molecule has 140 valence electrons. The van der Waals surface area contributed by atoms with Crippen LogP contribution in [0.5, 0.6) is 0 Å². The van der Waals surface area contributed by atoms with Gasteiger partial charge in [-0.25, -0.2) is 9.97 Å². The summed E-state index contributed by atoms with van der Waals surface area (Å²) in [4.78, 5) is 8.52. The number of nitrogens with zero attached hydrogens (tertiary/aromatic N) is 3. The number of hydrogen-bond acceptors (Lipinski definition) is 6. The molecule has 2 aromatic heterocycles. The predicted molar refractivity (Wildman–Crippen MR) is 99.2 cm³/mol. The normalized spacial score (nSPS) is 30.1. The number of benzene rings is 1. The minimum atomic E-state index is -1.07. The van der Waals surface area contributed by atoms with E-state index in [9.17, 15) is 10.2 Å². The van der Waals surface area contributed by atoms with Crippen LogP contribution in [0, 0.1) is 6.92 Å². The highest BCUT2D eigenvalue weighted by Gasteiger charge is 2.49. The Morgan fingerprint density at radius 1 is 1.22 bits per heavy atom. The molecule has 0 radical (unpaired) electrons. The fraction of sp³-hybridized carbons (Fsp3) is 0.368. The van der Waals surface area contributed by atoms with Crippen molar-refractivity contribution in [3.05, 3.63) is 58.6 Å². The van der Waals surface area contributed by atoms with E-state index in [0.29, 0.717) is 17.2 Å². The van der Waals surface area contributed by atoms with Crippen LogP contribution in [0.3, 0.4) is 0 Å². The molecule has 4 heterocycles. The predicted octanol–water partition coefficient (Wildman–Crippen LogP) is 1.86. The smallest absolute Gasteiger partial charge is 0.164 e. The second-order valence-corrected chi connectivity index (χ2v) is 7.53. The van der Waals surface area contributed by atoms with E-state index in [1.807, 2.05) is 37.4 Å². The summed E-state index contributed by atoms with van der Waals surface area (Å²) in [7, 11) is 0. The molecule has 3 aromatic rings. The first kappa shape index (κ1) is 17.1. The Hall–Kier alpha value is -2.03. The highest BCUT2D eigenvalue weighted by Crippen LogP contribution is 2.40. The molecule has 7 nitrogen and oxygen atoms in total. The molecule has 2 aliphatic rings. The Labute approximate surface area is 160 Å². The van der Waals surface area contributed by atoms with Crippen molar-refractivity contribution in [1.29, 1.82) is 0 Å². The lowest BCUT2D eigenvalue weighted by Gasteiger charge is -2.23. The standard InChI is InChI=1S/C19H19ClN4O3/c1-9-12-4-5-24(18(12)23-8-22-9)19-16(26)15(25)17(27-19)14-13-3-2-11(20)6-10(13)7-21-14/h2-6,8,14-17,19,21,25-26H,7H2,1H3/t14-,15+,16-,17-,19-/m1/s1. The van der Waals surface area contributed by atoms with E-state index in [-0.39, 0.29) is 6.04 Å². The number of aliphatic hydroxyl groups is 2. The topological polar surface area (TPSA) is 92.4 Å². The molecule has 0 aliphatic carbocycles. The Balaban J connectivity index is 1.49. The van der Waals surface area contributed by atoms with Gasteiger partial charge in [0, 0.05) is 23.2 Å². The van der Waals surface area contributed by atoms with E-state index in [2.05, 4.69) is 15.3 Å². The van der Waals surface area contributed by atoms with Gasteiger partial charge in [-0.2, -0.15) is 0 Å². The van der Waals surface area contributed by atoms with E-state index in [1.54, 1.807) is 4.57 Å². The summed E-state index contributed by atoms with van der Waals surface area (Å²) in [5.41, 5.74) is 3.64. The third kappa shape index (κ3) is 2.58. The van der Waals surface area contributed by atoms with Crippen LogP contribution in [0.4, 0.5) is 0 Å². The van der Waals surface area contributed by atoms with Crippen LogP contribution >= 0.6 is 11.6 Å². The average Bonchev–Trinajstić information content (AvgIpc) is 3.33. The van der Waals surface area contributed by atoms with Crippen LogP contribution in [0.2, 0.25) is 5.02 Å². The molecule has 1 aromatic carbocycles. The van der Waals surface area contributed by atoms with E-state index in [4.69, 9.17) is 16.3 Å². The molecule has 0 bridgehead atoms. The zero-order valence-electron chi connectivity index (χ0n) is 14.6. The second-order valence-electron chi connectivity index (χ2n) is 7.09. The van der Waals surface area contributed by atoms with Crippen LogP contribution in [0.1, 0.15) is 29.1 Å². The highest BCUT2D eigenvalue weighted by molar-refractivity contribution is 6.30. The maximum absolute atomic E-state index is 10.7. The minimum Gasteiger partial charge on any atom is -0.387 e. The van der Waals surface area contributed by atoms with Crippen LogP contribution < -0.4 is 5.32 Å². The number of nitrogens with one attached hydrogen (secondary N) is 1. The molecule has 1 saturated heterocycles. The Morgan fingerprint density at radius 3 is 2.93 bits per heavy atom. The maximum Gasteiger partial charge on any atom is 0.164 e. The van der Waals surface area contributed by atoms with Gasteiger partial charge in [0.1, 0.15) is 30.3 Å². The van der Waals surface area contributed by atoms with Gasteiger partial charge in [0.2, 0.25) is 0 Å². The summed E-state index contributed by atoms with van der Waals surface area (Å²) in [5.74, 6) is 0. The molecule has 1 fully saturated rings.